The Bertz CT molecular complexity index is 1290. The first-order chi connectivity index (χ1) is 16.9. The second-order valence-electron chi connectivity index (χ2n) is 7.80. The Balaban J connectivity index is 0.00000167. The first-order valence-corrected chi connectivity index (χ1v) is 11.8. The zero-order valence-electron chi connectivity index (χ0n) is 20.4. The molecule has 180 valence electrons. The van der Waals surface area contributed by atoms with Crippen LogP contribution in [-0.2, 0) is 16.1 Å². The van der Waals surface area contributed by atoms with E-state index in [4.69, 9.17) is 16.3 Å². The summed E-state index contributed by atoms with van der Waals surface area (Å²) in [7, 11) is 0. The van der Waals surface area contributed by atoms with Crippen molar-refractivity contribution in [1.29, 1.82) is 0 Å². The smallest absolute Gasteiger partial charge is 0.358 e. The maximum Gasteiger partial charge on any atom is 0.358 e. The summed E-state index contributed by atoms with van der Waals surface area (Å²) in [6.07, 6.45) is 0. The quantitative estimate of drug-likeness (QED) is 0.361. The number of nitrogens with zero attached hydrogens (tertiary/aromatic N) is 2. The number of ether oxygens (including phenoxy) is 1. The molecule has 0 radical (unpaired) electrons. The van der Waals surface area contributed by atoms with Crippen molar-refractivity contribution in [3.8, 4) is 11.1 Å². The van der Waals surface area contributed by atoms with Gasteiger partial charge in [-0.25, -0.2) is 9.80 Å². The van der Waals surface area contributed by atoms with Crippen molar-refractivity contribution in [2.75, 3.05) is 0 Å². The fraction of sp³-hybridized carbons (Fsp3) is 0.172. The second kappa shape index (κ2) is 11.5. The van der Waals surface area contributed by atoms with Crippen LogP contribution in [0.3, 0.4) is 0 Å². The van der Waals surface area contributed by atoms with E-state index >= 15 is 0 Å². The Morgan fingerprint density at radius 2 is 1.66 bits per heavy atom. The van der Waals surface area contributed by atoms with E-state index < -0.39 is 5.97 Å². The van der Waals surface area contributed by atoms with Gasteiger partial charge < -0.3 is 9.84 Å². The number of halogens is 1. The number of fused-ring (bicyclic) bond motifs is 1. The van der Waals surface area contributed by atoms with E-state index in [1.165, 1.54) is 5.01 Å². The normalized spacial score (nSPS) is 12.4. The van der Waals surface area contributed by atoms with Crippen LogP contribution in [0.2, 0.25) is 5.02 Å². The predicted octanol–water partition coefficient (Wildman–Crippen LogP) is 7.69. The van der Waals surface area contributed by atoms with Gasteiger partial charge in [0, 0.05) is 21.9 Å². The number of carbonyl (C=O) groups is 1. The summed E-state index contributed by atoms with van der Waals surface area (Å²) in [6.45, 7) is 12.0. The standard InChI is InChI=1S/C27H23ClN2O3.C2H6/c1-17(2)29-30-18(3)24-22(20-11-7-12-21(28)15-20)13-8-14-23(24)26(25(30)27(31)32)33-16-19-9-5-4-6-10-19;1-2/h4-15H,3,16H2,1-2H3,(H,31,32);1-2H3. The molecule has 0 atom stereocenters. The average molecular weight is 489 g/mol. The monoisotopic (exact) mass is 488 g/mol. The van der Waals surface area contributed by atoms with E-state index in [1.807, 2.05) is 86.6 Å². The van der Waals surface area contributed by atoms with Crippen LogP contribution in [0.1, 0.15) is 44.4 Å². The molecule has 0 aliphatic carbocycles. The van der Waals surface area contributed by atoms with Gasteiger partial charge in [0.05, 0.1) is 5.70 Å². The summed E-state index contributed by atoms with van der Waals surface area (Å²) >= 11 is 6.26. The minimum Gasteiger partial charge on any atom is -0.486 e. The van der Waals surface area contributed by atoms with Crippen LogP contribution in [0.4, 0.5) is 0 Å². The lowest BCUT2D eigenvalue weighted by molar-refractivity contribution is -0.134. The Morgan fingerprint density at radius 1 is 1.00 bits per heavy atom. The number of aliphatic carboxylic acids is 1. The Morgan fingerprint density at radius 3 is 2.29 bits per heavy atom. The van der Waals surface area contributed by atoms with E-state index in [0.29, 0.717) is 22.0 Å². The first-order valence-electron chi connectivity index (χ1n) is 11.4. The molecule has 0 saturated carbocycles. The van der Waals surface area contributed by atoms with Crippen LogP contribution in [0.5, 0.6) is 0 Å². The summed E-state index contributed by atoms with van der Waals surface area (Å²) in [5.74, 6) is -0.911. The lowest BCUT2D eigenvalue weighted by Gasteiger charge is -2.32. The van der Waals surface area contributed by atoms with Gasteiger partial charge in [0.15, 0.2) is 11.5 Å². The average Bonchev–Trinajstić information content (AvgIpc) is 2.85. The second-order valence-corrected chi connectivity index (χ2v) is 8.24. The molecule has 0 fully saturated rings. The molecule has 1 aliphatic rings. The third-order valence-corrected chi connectivity index (χ3v) is 5.38. The van der Waals surface area contributed by atoms with Gasteiger partial charge in [-0.05, 0) is 42.7 Å². The number of benzene rings is 3. The highest BCUT2D eigenvalue weighted by atomic mass is 35.5. The zero-order valence-corrected chi connectivity index (χ0v) is 21.1. The predicted molar refractivity (Wildman–Crippen MR) is 144 cm³/mol. The molecule has 5 nitrogen and oxygen atoms in total. The lowest BCUT2D eigenvalue weighted by atomic mass is 9.89. The molecule has 3 aromatic rings. The van der Waals surface area contributed by atoms with Gasteiger partial charge in [0.1, 0.15) is 6.61 Å². The molecule has 0 unspecified atom stereocenters. The van der Waals surface area contributed by atoms with Crippen molar-refractivity contribution in [1.82, 2.24) is 5.01 Å². The molecule has 1 N–H and O–H groups in total. The number of carboxylic acids is 1. The van der Waals surface area contributed by atoms with Gasteiger partial charge in [-0.1, -0.05) is 92.7 Å². The van der Waals surface area contributed by atoms with Crippen LogP contribution in [0.25, 0.3) is 22.6 Å². The fourth-order valence-corrected chi connectivity index (χ4v) is 3.98. The molecule has 3 aromatic carbocycles. The Labute approximate surface area is 211 Å². The maximum atomic E-state index is 12.4. The largest absolute Gasteiger partial charge is 0.486 e. The fourth-order valence-electron chi connectivity index (χ4n) is 3.79. The van der Waals surface area contributed by atoms with Crippen molar-refractivity contribution in [2.24, 2.45) is 5.10 Å². The van der Waals surface area contributed by atoms with Crippen molar-refractivity contribution in [2.45, 2.75) is 34.3 Å². The first kappa shape index (κ1) is 25.8. The van der Waals surface area contributed by atoms with Gasteiger partial charge in [0.2, 0.25) is 0 Å². The molecule has 0 saturated heterocycles. The zero-order chi connectivity index (χ0) is 25.5. The van der Waals surface area contributed by atoms with Crippen molar-refractivity contribution < 1.29 is 14.6 Å². The van der Waals surface area contributed by atoms with Crippen molar-refractivity contribution in [3.63, 3.8) is 0 Å². The minimum atomic E-state index is -1.15. The third-order valence-electron chi connectivity index (χ3n) is 5.14. The van der Waals surface area contributed by atoms with Crippen LogP contribution in [0.15, 0.2) is 90.2 Å². The molecule has 4 rings (SSSR count). The van der Waals surface area contributed by atoms with Crippen LogP contribution in [0, 0.1) is 0 Å². The molecule has 0 bridgehead atoms. The van der Waals surface area contributed by atoms with E-state index in [1.54, 1.807) is 13.8 Å². The topological polar surface area (TPSA) is 62.1 Å². The van der Waals surface area contributed by atoms with Gasteiger partial charge in [-0.15, -0.1) is 0 Å². The van der Waals surface area contributed by atoms with E-state index in [2.05, 4.69) is 11.7 Å². The van der Waals surface area contributed by atoms with Crippen LogP contribution in [-0.4, -0.2) is 21.8 Å². The van der Waals surface area contributed by atoms with E-state index in [0.717, 1.165) is 22.3 Å². The third kappa shape index (κ3) is 5.64. The Hall–Kier alpha value is -3.83. The SMILES string of the molecule is C=C1c2c(cccc2-c2cccc(Cl)c2)C(OCc2ccccc2)=C(C(=O)O)N1N=C(C)C.CC. The van der Waals surface area contributed by atoms with E-state index in [9.17, 15) is 9.90 Å². The minimum absolute atomic E-state index is 0.0760. The van der Waals surface area contributed by atoms with Gasteiger partial charge >= 0.3 is 5.97 Å². The van der Waals surface area contributed by atoms with Crippen LogP contribution < -0.4 is 0 Å². The molecule has 35 heavy (non-hydrogen) atoms. The molecule has 0 spiro atoms. The molecule has 6 heteroatoms. The molecule has 0 amide bonds. The summed E-state index contributed by atoms with van der Waals surface area (Å²) in [5, 5.41) is 16.6. The summed E-state index contributed by atoms with van der Waals surface area (Å²) in [4.78, 5) is 12.4. The highest BCUT2D eigenvalue weighted by molar-refractivity contribution is 6.30. The number of hydrogen-bond donors (Lipinski definition) is 1. The maximum absolute atomic E-state index is 12.4. The lowest BCUT2D eigenvalue weighted by Crippen LogP contribution is -2.28. The summed E-state index contributed by atoms with van der Waals surface area (Å²) < 4.78 is 6.16. The molecular weight excluding hydrogens is 460 g/mol. The highest BCUT2D eigenvalue weighted by Crippen LogP contribution is 2.44. The van der Waals surface area contributed by atoms with Gasteiger partial charge in [-0.3, -0.25) is 0 Å². The molecular formula is C29H29ClN2O3. The van der Waals surface area contributed by atoms with E-state index in [-0.39, 0.29) is 18.1 Å². The number of rotatable bonds is 6. The Kier molecular flexibility index (Phi) is 8.50. The highest BCUT2D eigenvalue weighted by Gasteiger charge is 2.35. The van der Waals surface area contributed by atoms with Gasteiger partial charge in [-0.2, -0.15) is 5.10 Å². The summed E-state index contributed by atoms with van der Waals surface area (Å²) in [5.41, 5.74) is 5.12. The molecule has 0 aromatic heterocycles. The summed E-state index contributed by atoms with van der Waals surface area (Å²) in [6, 6.07) is 22.8. The molecule has 1 aliphatic heterocycles. The number of carboxylic acid groups (broad SMARTS) is 1. The number of hydrazone groups is 1. The van der Waals surface area contributed by atoms with Crippen molar-refractivity contribution in [3.05, 3.63) is 107 Å². The van der Waals surface area contributed by atoms with Crippen LogP contribution >= 0.6 is 11.6 Å². The number of hydrogen-bond acceptors (Lipinski definition) is 4. The molecule has 1 heterocycles. The van der Waals surface area contributed by atoms with Crippen molar-refractivity contribution >= 4 is 34.7 Å². The van der Waals surface area contributed by atoms with Gasteiger partial charge in [0.25, 0.3) is 0 Å².